The molecule has 0 aliphatic carbocycles. The topological polar surface area (TPSA) is 36.9 Å². The van der Waals surface area contributed by atoms with Crippen LogP contribution in [0.25, 0.3) is 76.8 Å². The van der Waals surface area contributed by atoms with Gasteiger partial charge in [0.25, 0.3) is 0 Å². The van der Waals surface area contributed by atoms with E-state index in [0.29, 0.717) is 5.75 Å². The zero-order valence-corrected chi connectivity index (χ0v) is 29.1. The van der Waals surface area contributed by atoms with Gasteiger partial charge in [-0.25, -0.2) is 8.78 Å². The molecule has 8 aromatic rings. The molecule has 52 heavy (non-hydrogen) atoms. The second-order valence-electron chi connectivity index (χ2n) is 12.6. The SMILES string of the molecule is COc1ccc(-c2cc(OC)cc3c(-c4ccc(F)cc4)c4c(-c5ccc(OC)cc5)c5ccc(OC)cc5cc4c(-c4ccc(F)cc4)c23)cc1. The molecule has 0 N–H and O–H groups in total. The Labute approximate surface area is 300 Å². The maximum absolute atomic E-state index is 14.6. The fourth-order valence-electron chi connectivity index (χ4n) is 7.33. The third-order valence-electron chi connectivity index (χ3n) is 9.78. The van der Waals surface area contributed by atoms with Crippen molar-refractivity contribution < 1.29 is 27.7 Å². The maximum Gasteiger partial charge on any atom is 0.123 e. The van der Waals surface area contributed by atoms with Gasteiger partial charge < -0.3 is 18.9 Å². The van der Waals surface area contributed by atoms with Crippen LogP contribution in [0.2, 0.25) is 0 Å². The summed E-state index contributed by atoms with van der Waals surface area (Å²) >= 11 is 0. The zero-order chi connectivity index (χ0) is 35.9. The quantitative estimate of drug-likeness (QED) is 0.149. The summed E-state index contributed by atoms with van der Waals surface area (Å²) < 4.78 is 52.0. The van der Waals surface area contributed by atoms with Crippen molar-refractivity contribution in [3.05, 3.63) is 145 Å². The average molecular weight is 689 g/mol. The van der Waals surface area contributed by atoms with Crippen LogP contribution in [-0.4, -0.2) is 28.4 Å². The van der Waals surface area contributed by atoms with Crippen molar-refractivity contribution in [3.8, 4) is 67.5 Å². The van der Waals surface area contributed by atoms with Crippen molar-refractivity contribution in [2.75, 3.05) is 28.4 Å². The Hall–Kier alpha value is -6.40. The summed E-state index contributed by atoms with van der Waals surface area (Å²) in [6, 6.07) is 41.5. The van der Waals surface area contributed by atoms with E-state index in [9.17, 15) is 8.78 Å². The van der Waals surface area contributed by atoms with Crippen LogP contribution in [0.15, 0.2) is 133 Å². The van der Waals surface area contributed by atoms with Gasteiger partial charge in [0, 0.05) is 0 Å². The molecule has 0 amide bonds. The van der Waals surface area contributed by atoms with Crippen molar-refractivity contribution >= 4 is 32.3 Å². The molecule has 0 aromatic heterocycles. The van der Waals surface area contributed by atoms with Gasteiger partial charge in [0.15, 0.2) is 0 Å². The maximum atomic E-state index is 14.6. The minimum absolute atomic E-state index is 0.327. The predicted octanol–water partition coefficient (Wildman–Crippen LogP) is 12.1. The van der Waals surface area contributed by atoms with E-state index in [1.165, 1.54) is 24.3 Å². The van der Waals surface area contributed by atoms with Crippen molar-refractivity contribution in [1.29, 1.82) is 0 Å². The molecule has 6 heteroatoms. The van der Waals surface area contributed by atoms with Crippen LogP contribution in [0.5, 0.6) is 23.0 Å². The number of halogens is 2. The third kappa shape index (κ3) is 5.63. The summed E-state index contributed by atoms with van der Waals surface area (Å²) in [7, 11) is 6.60. The highest BCUT2D eigenvalue weighted by molar-refractivity contribution is 6.31. The molecule has 0 spiro atoms. The van der Waals surface area contributed by atoms with Crippen LogP contribution < -0.4 is 18.9 Å². The number of hydrogen-bond acceptors (Lipinski definition) is 4. The summed E-state index contributed by atoms with van der Waals surface area (Å²) in [5.41, 5.74) is 7.30. The first kappa shape index (κ1) is 32.8. The van der Waals surface area contributed by atoms with Crippen molar-refractivity contribution in [1.82, 2.24) is 0 Å². The number of methoxy groups -OCH3 is 4. The molecule has 0 fully saturated rings. The highest BCUT2D eigenvalue weighted by atomic mass is 19.1. The van der Waals surface area contributed by atoms with E-state index < -0.39 is 0 Å². The predicted molar refractivity (Wildman–Crippen MR) is 207 cm³/mol. The molecule has 0 bridgehead atoms. The van der Waals surface area contributed by atoms with Crippen molar-refractivity contribution in [2.24, 2.45) is 0 Å². The first-order valence-corrected chi connectivity index (χ1v) is 16.8. The lowest BCUT2D eigenvalue weighted by atomic mass is 9.79. The summed E-state index contributed by atoms with van der Waals surface area (Å²) in [6.45, 7) is 0. The van der Waals surface area contributed by atoms with Crippen LogP contribution in [0.4, 0.5) is 8.78 Å². The fraction of sp³-hybridized carbons (Fsp3) is 0.0870. The van der Waals surface area contributed by atoms with Gasteiger partial charge in [-0.2, -0.15) is 0 Å². The van der Waals surface area contributed by atoms with Gasteiger partial charge in [0.05, 0.1) is 28.4 Å². The van der Waals surface area contributed by atoms with Gasteiger partial charge in [-0.1, -0.05) is 54.6 Å². The normalized spacial score (nSPS) is 11.3. The number of benzene rings is 8. The molecular formula is C46H34F2O4. The van der Waals surface area contributed by atoms with E-state index >= 15 is 0 Å². The van der Waals surface area contributed by atoms with Crippen LogP contribution in [-0.2, 0) is 0 Å². The summed E-state index contributed by atoms with van der Waals surface area (Å²) in [4.78, 5) is 0. The standard InChI is InChI=1S/C46H34F2O4/c1-49-34-17-9-27(10-18-34)39-25-37(52-4)26-41-44(29-7-15-33(48)16-8-29)46-40(43(45(39)41)28-5-13-32(47)14-6-28)24-31-23-36(51-3)21-22-38(31)42(46)30-11-19-35(50-2)20-12-30/h5-26H,1-4H3. The highest BCUT2D eigenvalue weighted by Gasteiger charge is 2.25. The molecule has 0 heterocycles. The number of hydrogen-bond donors (Lipinski definition) is 0. The molecule has 0 atom stereocenters. The van der Waals surface area contributed by atoms with Crippen LogP contribution in [0.3, 0.4) is 0 Å². The second kappa shape index (κ2) is 13.4. The molecule has 4 nitrogen and oxygen atoms in total. The first-order valence-electron chi connectivity index (χ1n) is 16.8. The van der Waals surface area contributed by atoms with Crippen LogP contribution >= 0.6 is 0 Å². The molecule has 256 valence electrons. The molecule has 8 rings (SSSR count). The monoisotopic (exact) mass is 688 g/mol. The van der Waals surface area contributed by atoms with Crippen LogP contribution in [0, 0.1) is 11.6 Å². The molecule has 0 radical (unpaired) electrons. The Balaban J connectivity index is 1.69. The molecular weight excluding hydrogens is 654 g/mol. The van der Waals surface area contributed by atoms with E-state index in [0.717, 1.165) is 94.1 Å². The summed E-state index contributed by atoms with van der Waals surface area (Å²) in [5.74, 6) is 2.19. The van der Waals surface area contributed by atoms with Gasteiger partial charge in [-0.3, -0.25) is 0 Å². The largest absolute Gasteiger partial charge is 0.497 e. The van der Waals surface area contributed by atoms with E-state index in [4.69, 9.17) is 18.9 Å². The molecule has 0 aliphatic heterocycles. The Morgan fingerprint density at radius 2 is 0.769 bits per heavy atom. The third-order valence-corrected chi connectivity index (χ3v) is 9.78. The molecule has 0 saturated heterocycles. The fourth-order valence-corrected chi connectivity index (χ4v) is 7.33. The Kier molecular flexibility index (Phi) is 8.44. The van der Waals surface area contributed by atoms with Gasteiger partial charge in [-0.05, 0) is 156 Å². The van der Waals surface area contributed by atoms with E-state index in [1.807, 2.05) is 84.9 Å². The minimum atomic E-state index is -0.329. The Bertz CT molecular complexity index is 2600. The number of fused-ring (bicyclic) bond motifs is 3. The summed E-state index contributed by atoms with van der Waals surface area (Å²) in [6.07, 6.45) is 0. The Morgan fingerprint density at radius 1 is 0.346 bits per heavy atom. The molecule has 0 aliphatic rings. The van der Waals surface area contributed by atoms with Gasteiger partial charge in [-0.15, -0.1) is 0 Å². The average Bonchev–Trinajstić information content (AvgIpc) is 3.19. The smallest absolute Gasteiger partial charge is 0.123 e. The molecule has 8 aromatic carbocycles. The number of rotatable bonds is 8. The van der Waals surface area contributed by atoms with Crippen LogP contribution in [0.1, 0.15) is 0 Å². The van der Waals surface area contributed by atoms with Gasteiger partial charge >= 0.3 is 0 Å². The highest BCUT2D eigenvalue weighted by Crippen LogP contribution is 2.52. The van der Waals surface area contributed by atoms with Gasteiger partial charge in [0.1, 0.15) is 34.6 Å². The Morgan fingerprint density at radius 3 is 1.29 bits per heavy atom. The van der Waals surface area contributed by atoms with E-state index in [2.05, 4.69) is 24.3 Å². The first-order chi connectivity index (χ1) is 25.4. The second-order valence-corrected chi connectivity index (χ2v) is 12.6. The molecule has 0 unspecified atom stereocenters. The van der Waals surface area contributed by atoms with Crippen molar-refractivity contribution in [3.63, 3.8) is 0 Å². The zero-order valence-electron chi connectivity index (χ0n) is 29.1. The van der Waals surface area contributed by atoms with Gasteiger partial charge in [0.2, 0.25) is 0 Å². The van der Waals surface area contributed by atoms with E-state index in [1.54, 1.807) is 28.4 Å². The lowest BCUT2D eigenvalue weighted by Crippen LogP contribution is -1.98. The molecule has 0 saturated carbocycles. The van der Waals surface area contributed by atoms with E-state index in [-0.39, 0.29) is 11.6 Å². The number of ether oxygens (including phenoxy) is 4. The lowest BCUT2D eigenvalue weighted by molar-refractivity contribution is 0.414. The van der Waals surface area contributed by atoms with Crippen molar-refractivity contribution in [2.45, 2.75) is 0 Å². The lowest BCUT2D eigenvalue weighted by Gasteiger charge is -2.24. The summed E-state index contributed by atoms with van der Waals surface area (Å²) in [5, 5.41) is 5.69. The minimum Gasteiger partial charge on any atom is -0.497 e.